The zero-order chi connectivity index (χ0) is 10.1. The van der Waals surface area contributed by atoms with Crippen molar-refractivity contribution in [3.05, 3.63) is 0 Å². The lowest BCUT2D eigenvalue weighted by molar-refractivity contribution is -0.0157. The third-order valence-electron chi connectivity index (χ3n) is 4.72. The van der Waals surface area contributed by atoms with Gasteiger partial charge in [-0.15, -0.1) is 0 Å². The van der Waals surface area contributed by atoms with E-state index in [2.05, 4.69) is 25.8 Å². The number of nitrogens with zero attached hydrogens (tertiary/aromatic N) is 1. The van der Waals surface area contributed by atoms with Crippen molar-refractivity contribution >= 4 is 0 Å². The molecule has 0 radical (unpaired) electrons. The summed E-state index contributed by atoms with van der Waals surface area (Å²) in [5.74, 6) is 3.08. The van der Waals surface area contributed by atoms with Crippen molar-refractivity contribution in [1.29, 1.82) is 0 Å². The van der Waals surface area contributed by atoms with Gasteiger partial charge in [0.25, 0.3) is 0 Å². The lowest BCUT2D eigenvalue weighted by atomic mass is 9.74. The van der Waals surface area contributed by atoms with Crippen LogP contribution >= 0.6 is 0 Å². The van der Waals surface area contributed by atoms with Crippen LogP contribution in [-0.2, 0) is 0 Å². The summed E-state index contributed by atoms with van der Waals surface area (Å²) < 4.78 is 0. The fourth-order valence-electron chi connectivity index (χ4n) is 3.89. The van der Waals surface area contributed by atoms with Crippen LogP contribution in [0.3, 0.4) is 0 Å². The Morgan fingerprint density at radius 1 is 1.07 bits per heavy atom. The summed E-state index contributed by atoms with van der Waals surface area (Å²) in [7, 11) is 2.32. The molecule has 1 heteroatoms. The Balaban J connectivity index is 1.98. The monoisotopic (exact) mass is 195 g/mol. The second-order valence-corrected chi connectivity index (χ2v) is 5.36. The van der Waals surface area contributed by atoms with Crippen molar-refractivity contribution in [1.82, 2.24) is 4.90 Å². The van der Waals surface area contributed by atoms with E-state index in [9.17, 15) is 0 Å². The highest BCUT2D eigenvalue weighted by Gasteiger charge is 2.44. The van der Waals surface area contributed by atoms with Crippen LogP contribution in [0, 0.1) is 17.8 Å². The van der Waals surface area contributed by atoms with E-state index < -0.39 is 0 Å². The Morgan fingerprint density at radius 3 is 2.36 bits per heavy atom. The lowest BCUT2D eigenvalue weighted by Crippen LogP contribution is -2.57. The van der Waals surface area contributed by atoms with Gasteiger partial charge in [0, 0.05) is 12.6 Å². The molecule has 0 aromatic rings. The van der Waals surface area contributed by atoms with Crippen molar-refractivity contribution in [2.45, 2.75) is 52.0 Å². The Labute approximate surface area is 88.9 Å². The first kappa shape index (κ1) is 10.5. The van der Waals surface area contributed by atoms with Crippen molar-refractivity contribution in [2.75, 3.05) is 13.6 Å². The maximum Gasteiger partial charge on any atom is 0.0164 e. The van der Waals surface area contributed by atoms with Crippen LogP contribution in [0.2, 0.25) is 0 Å². The number of rotatable bonds is 3. The number of hydrogen-bond acceptors (Lipinski definition) is 1. The van der Waals surface area contributed by atoms with E-state index in [4.69, 9.17) is 0 Å². The van der Waals surface area contributed by atoms with Gasteiger partial charge in [-0.1, -0.05) is 39.5 Å². The van der Waals surface area contributed by atoms with E-state index in [0.29, 0.717) is 0 Å². The predicted octanol–water partition coefficient (Wildman–Crippen LogP) is 3.15. The van der Waals surface area contributed by atoms with Gasteiger partial charge in [-0.3, -0.25) is 0 Å². The van der Waals surface area contributed by atoms with Gasteiger partial charge >= 0.3 is 0 Å². The normalized spacial score (nSPS) is 43.9. The molecule has 82 valence electrons. The Bertz CT molecular complexity index is 190. The molecule has 1 saturated carbocycles. The summed E-state index contributed by atoms with van der Waals surface area (Å²) in [6, 6.07) is 0.937. The quantitative estimate of drug-likeness (QED) is 0.668. The van der Waals surface area contributed by atoms with Gasteiger partial charge in [-0.05, 0) is 31.2 Å². The molecule has 1 saturated heterocycles. The van der Waals surface area contributed by atoms with Crippen molar-refractivity contribution in [2.24, 2.45) is 17.8 Å². The molecule has 0 aromatic heterocycles. The molecule has 0 aromatic carbocycles. The summed E-state index contributed by atoms with van der Waals surface area (Å²) in [5, 5.41) is 0. The first-order chi connectivity index (χ1) is 6.77. The van der Waals surface area contributed by atoms with Crippen LogP contribution in [0.15, 0.2) is 0 Å². The largest absolute Gasteiger partial charge is 0.302 e. The van der Waals surface area contributed by atoms with Crippen LogP contribution in [0.25, 0.3) is 0 Å². The predicted molar refractivity (Wildman–Crippen MR) is 61.3 cm³/mol. The van der Waals surface area contributed by atoms with E-state index in [1.165, 1.54) is 38.6 Å². The zero-order valence-corrected chi connectivity index (χ0v) is 10.00. The van der Waals surface area contributed by atoms with Crippen LogP contribution < -0.4 is 0 Å². The number of hydrogen-bond donors (Lipinski definition) is 0. The van der Waals surface area contributed by atoms with Crippen molar-refractivity contribution < 1.29 is 0 Å². The lowest BCUT2D eigenvalue weighted by Gasteiger charge is -2.50. The van der Waals surface area contributed by atoms with Gasteiger partial charge in [0.15, 0.2) is 0 Å². The summed E-state index contributed by atoms with van der Waals surface area (Å²) in [6.07, 6.45) is 7.29. The Hall–Kier alpha value is -0.0400. The summed E-state index contributed by atoms with van der Waals surface area (Å²) in [5.41, 5.74) is 0. The average Bonchev–Trinajstić information content (AvgIpc) is 2.61. The molecule has 1 aliphatic carbocycles. The van der Waals surface area contributed by atoms with Gasteiger partial charge in [0.05, 0.1) is 0 Å². The van der Waals surface area contributed by atoms with Crippen LogP contribution in [0.1, 0.15) is 46.0 Å². The molecule has 0 spiro atoms. The first-order valence-electron chi connectivity index (χ1n) is 6.48. The first-order valence-corrected chi connectivity index (χ1v) is 6.48. The molecule has 0 bridgehead atoms. The molecule has 1 aliphatic heterocycles. The minimum atomic E-state index is 0.937. The second kappa shape index (κ2) is 4.22. The minimum absolute atomic E-state index is 0.937. The maximum atomic E-state index is 2.60. The van der Waals surface area contributed by atoms with E-state index in [1.807, 2.05) is 0 Å². The number of likely N-dealkylation sites (tertiary alicyclic amines) is 1. The van der Waals surface area contributed by atoms with Gasteiger partial charge in [-0.25, -0.2) is 0 Å². The topological polar surface area (TPSA) is 3.24 Å². The maximum absolute atomic E-state index is 2.60. The Morgan fingerprint density at radius 2 is 1.79 bits per heavy atom. The molecular formula is C13H25N. The molecule has 2 rings (SSSR count). The second-order valence-electron chi connectivity index (χ2n) is 5.36. The van der Waals surface area contributed by atoms with Gasteiger partial charge < -0.3 is 4.90 Å². The van der Waals surface area contributed by atoms with E-state index in [1.54, 1.807) is 0 Å². The van der Waals surface area contributed by atoms with Crippen molar-refractivity contribution in [3.63, 3.8) is 0 Å². The highest BCUT2D eigenvalue weighted by atomic mass is 15.2. The standard InChI is InChI=1S/C13H25N/c1-4-10-7-6-8-12(10)13-11(5-2)9-14(13)3/h10-13H,4-9H2,1-3H3/t10?,11-,12?,13?/m0/s1. The van der Waals surface area contributed by atoms with Crippen LogP contribution in [0.5, 0.6) is 0 Å². The molecule has 2 fully saturated rings. The van der Waals surface area contributed by atoms with E-state index in [0.717, 1.165) is 23.8 Å². The molecular weight excluding hydrogens is 170 g/mol. The van der Waals surface area contributed by atoms with Gasteiger partial charge in [0.1, 0.15) is 0 Å². The molecule has 0 N–H and O–H groups in total. The fraction of sp³-hybridized carbons (Fsp3) is 1.00. The van der Waals surface area contributed by atoms with E-state index >= 15 is 0 Å². The van der Waals surface area contributed by atoms with Crippen LogP contribution in [0.4, 0.5) is 0 Å². The average molecular weight is 195 g/mol. The highest BCUT2D eigenvalue weighted by Crippen LogP contribution is 2.44. The van der Waals surface area contributed by atoms with E-state index in [-0.39, 0.29) is 0 Å². The fourth-order valence-corrected chi connectivity index (χ4v) is 3.89. The molecule has 2 aliphatic rings. The molecule has 14 heavy (non-hydrogen) atoms. The van der Waals surface area contributed by atoms with Gasteiger partial charge in [-0.2, -0.15) is 0 Å². The van der Waals surface area contributed by atoms with Crippen LogP contribution in [-0.4, -0.2) is 24.5 Å². The molecule has 1 nitrogen and oxygen atoms in total. The Kier molecular flexibility index (Phi) is 3.16. The molecule has 3 unspecified atom stereocenters. The van der Waals surface area contributed by atoms with Gasteiger partial charge in [0.2, 0.25) is 0 Å². The molecule has 0 amide bonds. The summed E-state index contributed by atoms with van der Waals surface area (Å²) in [6.45, 7) is 6.09. The zero-order valence-electron chi connectivity index (χ0n) is 10.00. The van der Waals surface area contributed by atoms with Crippen molar-refractivity contribution in [3.8, 4) is 0 Å². The highest BCUT2D eigenvalue weighted by molar-refractivity contribution is 4.97. The third kappa shape index (κ3) is 1.60. The smallest absolute Gasteiger partial charge is 0.0164 e. The third-order valence-corrected chi connectivity index (χ3v) is 4.72. The SMILES string of the molecule is CCC1CCCC1C1[C@@H](CC)CN1C. The minimum Gasteiger partial charge on any atom is -0.302 e. The molecule has 4 atom stereocenters. The summed E-state index contributed by atoms with van der Waals surface area (Å²) >= 11 is 0. The molecule has 1 heterocycles. The summed E-state index contributed by atoms with van der Waals surface area (Å²) in [4.78, 5) is 2.60.